The van der Waals surface area contributed by atoms with Crippen LogP contribution in [0.15, 0.2) is 76.0 Å². The lowest BCUT2D eigenvalue weighted by atomic mass is 10.1. The number of anilines is 1. The van der Waals surface area contributed by atoms with Crippen LogP contribution in [0.4, 0.5) is 5.13 Å². The predicted molar refractivity (Wildman–Crippen MR) is 122 cm³/mol. The molecule has 2 N–H and O–H groups in total. The van der Waals surface area contributed by atoms with Crippen LogP contribution < -0.4 is 10.9 Å². The van der Waals surface area contributed by atoms with E-state index in [0.29, 0.717) is 21.0 Å². The second-order valence-electron chi connectivity index (χ2n) is 6.18. The summed E-state index contributed by atoms with van der Waals surface area (Å²) in [5.41, 5.74) is 2.83. The number of halogens is 1. The highest BCUT2D eigenvalue weighted by molar-refractivity contribution is 7.99. The number of hydrogen-bond donors (Lipinski definition) is 2. The first kappa shape index (κ1) is 20.3. The number of amides is 1. The van der Waals surface area contributed by atoms with E-state index >= 15 is 0 Å². The highest BCUT2D eigenvalue weighted by Gasteiger charge is 2.11. The zero-order chi connectivity index (χ0) is 20.9. The van der Waals surface area contributed by atoms with Crippen molar-refractivity contribution in [2.75, 3.05) is 11.1 Å². The van der Waals surface area contributed by atoms with Crippen molar-refractivity contribution in [2.45, 2.75) is 5.16 Å². The fourth-order valence-corrected chi connectivity index (χ4v) is 4.17. The van der Waals surface area contributed by atoms with Crippen LogP contribution in [0.25, 0.3) is 22.5 Å². The zero-order valence-corrected chi connectivity index (χ0v) is 17.9. The summed E-state index contributed by atoms with van der Waals surface area (Å²) in [6.07, 6.45) is 0. The molecule has 30 heavy (non-hydrogen) atoms. The Morgan fingerprint density at radius 2 is 1.77 bits per heavy atom. The summed E-state index contributed by atoms with van der Waals surface area (Å²) in [5, 5.41) is 6.19. The van der Waals surface area contributed by atoms with Gasteiger partial charge >= 0.3 is 0 Å². The number of nitrogens with zero attached hydrogens (tertiary/aromatic N) is 2. The fraction of sp³-hybridized carbons (Fsp3) is 0.0476. The summed E-state index contributed by atoms with van der Waals surface area (Å²) in [7, 11) is 0. The highest BCUT2D eigenvalue weighted by atomic mass is 35.5. The maximum absolute atomic E-state index is 12.3. The Hall–Kier alpha value is -2.94. The third kappa shape index (κ3) is 5.15. The van der Waals surface area contributed by atoms with Crippen molar-refractivity contribution in [3.8, 4) is 22.5 Å². The van der Waals surface area contributed by atoms with Gasteiger partial charge in [-0.1, -0.05) is 65.8 Å². The minimum atomic E-state index is -0.265. The molecular weight excluding hydrogens is 440 g/mol. The summed E-state index contributed by atoms with van der Waals surface area (Å²) in [4.78, 5) is 35.8. The van der Waals surface area contributed by atoms with Gasteiger partial charge in [0.25, 0.3) is 5.56 Å². The topological polar surface area (TPSA) is 87.7 Å². The van der Waals surface area contributed by atoms with Crippen LogP contribution in [-0.2, 0) is 4.79 Å². The number of carbonyl (C=O) groups excluding carboxylic acids is 1. The van der Waals surface area contributed by atoms with E-state index < -0.39 is 0 Å². The van der Waals surface area contributed by atoms with Crippen LogP contribution in [0.3, 0.4) is 0 Å². The molecule has 150 valence electrons. The zero-order valence-electron chi connectivity index (χ0n) is 15.5. The number of hydrogen-bond acceptors (Lipinski definition) is 6. The van der Waals surface area contributed by atoms with Gasteiger partial charge < -0.3 is 10.3 Å². The van der Waals surface area contributed by atoms with Crippen molar-refractivity contribution in [3.63, 3.8) is 0 Å². The van der Waals surface area contributed by atoms with E-state index in [9.17, 15) is 9.59 Å². The third-order valence-corrected chi connectivity index (χ3v) is 5.90. The molecule has 2 aromatic heterocycles. The maximum atomic E-state index is 12.3. The Labute approximate surface area is 185 Å². The van der Waals surface area contributed by atoms with Gasteiger partial charge in [0, 0.05) is 27.6 Å². The van der Waals surface area contributed by atoms with Gasteiger partial charge in [-0.25, -0.2) is 9.97 Å². The number of nitrogens with one attached hydrogen (secondary N) is 2. The second-order valence-corrected chi connectivity index (χ2v) is 8.44. The SMILES string of the molecule is O=C(CSc1nc(-c2ccccc2)cc(=O)[nH]1)Nc1nc(-c2ccc(Cl)cc2)cs1. The average molecular weight is 455 g/mol. The van der Waals surface area contributed by atoms with Crippen molar-refractivity contribution in [1.82, 2.24) is 15.0 Å². The standard InChI is InChI=1S/C21H15ClN4O2S2/c22-15-8-6-14(7-9-15)17-11-29-21(24-17)26-19(28)12-30-20-23-16(10-18(27)25-20)13-4-2-1-3-5-13/h1-11H,12H2,(H,23,25,27)(H,24,26,28). The lowest BCUT2D eigenvalue weighted by molar-refractivity contribution is -0.113. The molecule has 0 saturated carbocycles. The lowest BCUT2D eigenvalue weighted by Crippen LogP contribution is -2.15. The Bertz CT molecular complexity index is 1220. The van der Waals surface area contributed by atoms with E-state index in [1.807, 2.05) is 47.8 Å². The molecule has 4 rings (SSSR count). The number of aromatic nitrogens is 3. The molecule has 0 saturated heterocycles. The van der Waals surface area contributed by atoms with Crippen LogP contribution in [-0.4, -0.2) is 26.6 Å². The van der Waals surface area contributed by atoms with Gasteiger partial charge in [-0.2, -0.15) is 0 Å². The second kappa shape index (κ2) is 9.25. The van der Waals surface area contributed by atoms with Crippen LogP contribution in [0.2, 0.25) is 5.02 Å². The highest BCUT2D eigenvalue weighted by Crippen LogP contribution is 2.26. The van der Waals surface area contributed by atoms with Crippen molar-refractivity contribution < 1.29 is 4.79 Å². The van der Waals surface area contributed by atoms with Crippen molar-refractivity contribution >= 4 is 45.7 Å². The van der Waals surface area contributed by atoms with Gasteiger partial charge in [0.1, 0.15) is 0 Å². The van der Waals surface area contributed by atoms with Crippen LogP contribution in [0, 0.1) is 0 Å². The van der Waals surface area contributed by atoms with E-state index in [0.717, 1.165) is 28.6 Å². The maximum Gasteiger partial charge on any atom is 0.252 e. The lowest BCUT2D eigenvalue weighted by Gasteiger charge is -2.04. The van der Waals surface area contributed by atoms with E-state index in [4.69, 9.17) is 11.6 Å². The largest absolute Gasteiger partial charge is 0.301 e. The Balaban J connectivity index is 1.39. The molecule has 0 spiro atoms. The molecule has 1 amide bonds. The molecule has 4 aromatic rings. The first-order valence-electron chi connectivity index (χ1n) is 8.88. The molecule has 6 nitrogen and oxygen atoms in total. The van der Waals surface area contributed by atoms with Crippen LogP contribution in [0.5, 0.6) is 0 Å². The van der Waals surface area contributed by atoms with Gasteiger partial charge in [0.2, 0.25) is 5.91 Å². The minimum Gasteiger partial charge on any atom is -0.301 e. The predicted octanol–water partition coefficient (Wildman–Crippen LogP) is 4.94. The molecule has 0 aliphatic rings. The first-order chi connectivity index (χ1) is 14.6. The van der Waals surface area contributed by atoms with Crippen molar-refractivity contribution in [2.24, 2.45) is 0 Å². The molecule has 0 fully saturated rings. The number of H-pyrrole nitrogens is 1. The van der Waals surface area contributed by atoms with Gasteiger partial charge in [0.05, 0.1) is 17.1 Å². The molecule has 2 heterocycles. The summed E-state index contributed by atoms with van der Waals surface area (Å²) in [6, 6.07) is 18.2. The Morgan fingerprint density at radius 1 is 1.03 bits per heavy atom. The van der Waals surface area contributed by atoms with Crippen LogP contribution >= 0.6 is 34.7 Å². The number of benzene rings is 2. The summed E-state index contributed by atoms with van der Waals surface area (Å²) in [6.45, 7) is 0. The Kier molecular flexibility index (Phi) is 6.27. The van der Waals surface area contributed by atoms with E-state index in [2.05, 4.69) is 20.3 Å². The Morgan fingerprint density at radius 3 is 2.53 bits per heavy atom. The quantitative estimate of drug-likeness (QED) is 0.318. The first-order valence-corrected chi connectivity index (χ1v) is 11.1. The van der Waals surface area contributed by atoms with Gasteiger partial charge in [-0.15, -0.1) is 11.3 Å². The van der Waals surface area contributed by atoms with Crippen molar-refractivity contribution in [1.29, 1.82) is 0 Å². The van der Waals surface area contributed by atoms with Gasteiger partial charge in [-0.05, 0) is 12.1 Å². The number of rotatable bonds is 6. The van der Waals surface area contributed by atoms with Gasteiger partial charge in [-0.3, -0.25) is 9.59 Å². The molecule has 0 aliphatic heterocycles. The van der Waals surface area contributed by atoms with Crippen LogP contribution in [0.1, 0.15) is 0 Å². The molecule has 0 radical (unpaired) electrons. The minimum absolute atomic E-state index is 0.0943. The molecule has 0 unspecified atom stereocenters. The smallest absolute Gasteiger partial charge is 0.252 e. The average Bonchev–Trinajstić information content (AvgIpc) is 3.21. The summed E-state index contributed by atoms with van der Waals surface area (Å²) >= 11 is 8.41. The summed E-state index contributed by atoms with van der Waals surface area (Å²) in [5.74, 6) is -0.137. The van der Waals surface area contributed by atoms with E-state index in [1.165, 1.54) is 17.4 Å². The van der Waals surface area contributed by atoms with Gasteiger partial charge in [0.15, 0.2) is 10.3 Å². The normalized spacial score (nSPS) is 10.7. The number of carbonyl (C=O) groups is 1. The number of thiazole rings is 1. The number of aromatic amines is 1. The van der Waals surface area contributed by atoms with E-state index in [-0.39, 0.29) is 17.2 Å². The monoisotopic (exact) mass is 454 g/mol. The molecule has 0 bridgehead atoms. The molecule has 0 atom stereocenters. The molecule has 2 aromatic carbocycles. The fourth-order valence-electron chi connectivity index (χ4n) is 2.63. The molecule has 0 aliphatic carbocycles. The molecular formula is C21H15ClN4O2S2. The third-order valence-electron chi connectivity index (χ3n) is 4.02. The molecule has 9 heteroatoms. The summed E-state index contributed by atoms with van der Waals surface area (Å²) < 4.78 is 0. The number of thioether (sulfide) groups is 1. The van der Waals surface area contributed by atoms with Crippen molar-refractivity contribution in [3.05, 3.63) is 81.4 Å². The van der Waals surface area contributed by atoms with E-state index in [1.54, 1.807) is 12.1 Å².